The van der Waals surface area contributed by atoms with Gasteiger partial charge in [0.2, 0.25) is 10.0 Å². The van der Waals surface area contributed by atoms with Crippen molar-refractivity contribution in [3.05, 3.63) is 29.8 Å². The molecule has 0 radical (unpaired) electrons. The molecule has 0 aliphatic heterocycles. The highest BCUT2D eigenvalue weighted by molar-refractivity contribution is 7.89. The SMILES string of the molecule is CC(C)N(CCC(=O)O)C(=O)c1ccc(S(=O)(=O)N(C)C)cc1. The number of carboxylic acids is 1. The lowest BCUT2D eigenvalue weighted by Crippen LogP contribution is -2.38. The third kappa shape index (κ3) is 4.77. The van der Waals surface area contributed by atoms with Gasteiger partial charge in [-0.25, -0.2) is 12.7 Å². The van der Waals surface area contributed by atoms with Gasteiger partial charge in [0.05, 0.1) is 11.3 Å². The fourth-order valence-corrected chi connectivity index (χ4v) is 2.86. The first-order chi connectivity index (χ1) is 10.6. The van der Waals surface area contributed by atoms with Gasteiger partial charge < -0.3 is 10.0 Å². The van der Waals surface area contributed by atoms with Crippen LogP contribution in [0.25, 0.3) is 0 Å². The molecule has 0 unspecified atom stereocenters. The summed E-state index contributed by atoms with van der Waals surface area (Å²) in [6.07, 6.45) is -0.142. The van der Waals surface area contributed by atoms with E-state index in [1.54, 1.807) is 13.8 Å². The molecule has 0 fully saturated rings. The smallest absolute Gasteiger partial charge is 0.305 e. The van der Waals surface area contributed by atoms with Gasteiger partial charge in [0.15, 0.2) is 0 Å². The minimum atomic E-state index is -3.55. The van der Waals surface area contributed by atoms with Crippen LogP contribution in [0, 0.1) is 0 Å². The molecule has 1 rings (SSSR count). The van der Waals surface area contributed by atoms with E-state index in [1.165, 1.54) is 43.3 Å². The highest BCUT2D eigenvalue weighted by atomic mass is 32.2. The van der Waals surface area contributed by atoms with Gasteiger partial charge in [0.1, 0.15) is 0 Å². The number of amides is 1. The summed E-state index contributed by atoms with van der Waals surface area (Å²) in [5.74, 6) is -1.30. The van der Waals surface area contributed by atoms with Crippen LogP contribution in [0.15, 0.2) is 29.2 Å². The second kappa shape index (κ2) is 7.56. The second-order valence-electron chi connectivity index (χ2n) is 5.55. The van der Waals surface area contributed by atoms with E-state index < -0.39 is 16.0 Å². The van der Waals surface area contributed by atoms with Gasteiger partial charge in [-0.15, -0.1) is 0 Å². The zero-order valence-corrected chi connectivity index (χ0v) is 14.5. The zero-order chi connectivity index (χ0) is 17.8. The first-order valence-electron chi connectivity index (χ1n) is 7.12. The molecule has 23 heavy (non-hydrogen) atoms. The fourth-order valence-electron chi connectivity index (χ4n) is 1.96. The average molecular weight is 342 g/mol. The van der Waals surface area contributed by atoms with Gasteiger partial charge in [-0.1, -0.05) is 0 Å². The molecule has 0 atom stereocenters. The molecule has 1 aromatic rings. The van der Waals surface area contributed by atoms with Crippen molar-refractivity contribution in [1.82, 2.24) is 9.21 Å². The summed E-state index contributed by atoms with van der Waals surface area (Å²) < 4.78 is 25.1. The van der Waals surface area contributed by atoms with Crippen LogP contribution >= 0.6 is 0 Å². The molecule has 8 heteroatoms. The Bertz CT molecular complexity index is 666. The van der Waals surface area contributed by atoms with Crippen molar-refractivity contribution in [3.8, 4) is 0 Å². The molecule has 0 aliphatic rings. The first kappa shape index (κ1) is 19.1. The van der Waals surface area contributed by atoms with Gasteiger partial charge in [0.25, 0.3) is 5.91 Å². The predicted octanol–water partition coefficient (Wildman–Crippen LogP) is 1.26. The lowest BCUT2D eigenvalue weighted by Gasteiger charge is -2.26. The van der Waals surface area contributed by atoms with E-state index in [-0.39, 0.29) is 29.8 Å². The van der Waals surface area contributed by atoms with E-state index in [4.69, 9.17) is 5.11 Å². The number of aliphatic carboxylic acids is 1. The highest BCUT2D eigenvalue weighted by Gasteiger charge is 2.21. The monoisotopic (exact) mass is 342 g/mol. The molecule has 0 heterocycles. The topological polar surface area (TPSA) is 95.0 Å². The minimum absolute atomic E-state index is 0.0979. The van der Waals surface area contributed by atoms with E-state index in [9.17, 15) is 18.0 Å². The first-order valence-corrected chi connectivity index (χ1v) is 8.56. The molecule has 128 valence electrons. The molecule has 0 aromatic heterocycles. The summed E-state index contributed by atoms with van der Waals surface area (Å²) in [6, 6.07) is 5.47. The number of benzene rings is 1. The van der Waals surface area contributed by atoms with Crippen LogP contribution in [0.2, 0.25) is 0 Å². The van der Waals surface area contributed by atoms with Crippen LogP contribution in [-0.2, 0) is 14.8 Å². The summed E-state index contributed by atoms with van der Waals surface area (Å²) in [5, 5.41) is 8.77. The van der Waals surface area contributed by atoms with Crippen LogP contribution in [0.1, 0.15) is 30.6 Å². The number of carbonyl (C=O) groups excluding carboxylic acids is 1. The average Bonchev–Trinajstić information content (AvgIpc) is 2.46. The van der Waals surface area contributed by atoms with Crippen LogP contribution in [0.4, 0.5) is 0 Å². The minimum Gasteiger partial charge on any atom is -0.481 e. The van der Waals surface area contributed by atoms with Crippen molar-refractivity contribution in [2.75, 3.05) is 20.6 Å². The Kier molecular flexibility index (Phi) is 6.28. The quantitative estimate of drug-likeness (QED) is 0.805. The van der Waals surface area contributed by atoms with Crippen molar-refractivity contribution in [1.29, 1.82) is 0 Å². The van der Waals surface area contributed by atoms with Gasteiger partial charge in [-0.3, -0.25) is 9.59 Å². The molecular formula is C15H22N2O5S. The molecular weight excluding hydrogens is 320 g/mol. The molecule has 0 spiro atoms. The number of hydrogen-bond donors (Lipinski definition) is 1. The molecule has 1 aromatic carbocycles. The summed E-state index contributed by atoms with van der Waals surface area (Å²) in [7, 11) is -0.684. The Labute approximate surface area is 136 Å². The van der Waals surface area contributed by atoms with Gasteiger partial charge in [-0.2, -0.15) is 0 Å². The molecule has 1 amide bonds. The second-order valence-corrected chi connectivity index (χ2v) is 7.70. The Balaban J connectivity index is 3.01. The third-order valence-corrected chi connectivity index (χ3v) is 5.16. The molecule has 1 N–H and O–H groups in total. The number of rotatable bonds is 7. The van der Waals surface area contributed by atoms with Crippen LogP contribution in [-0.4, -0.2) is 61.3 Å². The predicted molar refractivity (Wildman–Crippen MR) is 85.7 cm³/mol. The van der Waals surface area contributed by atoms with Crippen molar-refractivity contribution in [3.63, 3.8) is 0 Å². The number of nitrogens with zero attached hydrogens (tertiary/aromatic N) is 2. The van der Waals surface area contributed by atoms with Gasteiger partial charge in [0, 0.05) is 32.2 Å². The Morgan fingerprint density at radius 3 is 2.04 bits per heavy atom. The van der Waals surface area contributed by atoms with Crippen LogP contribution in [0.3, 0.4) is 0 Å². The normalized spacial score (nSPS) is 11.7. The molecule has 0 saturated carbocycles. The van der Waals surface area contributed by atoms with Gasteiger partial charge >= 0.3 is 5.97 Å². The number of carboxylic acid groups (broad SMARTS) is 1. The Morgan fingerprint density at radius 2 is 1.65 bits per heavy atom. The van der Waals surface area contributed by atoms with E-state index in [0.29, 0.717) is 5.56 Å². The van der Waals surface area contributed by atoms with E-state index in [2.05, 4.69) is 0 Å². The zero-order valence-electron chi connectivity index (χ0n) is 13.7. The molecule has 0 aliphatic carbocycles. The number of carbonyl (C=O) groups is 2. The highest BCUT2D eigenvalue weighted by Crippen LogP contribution is 2.16. The Hall–Kier alpha value is -1.93. The largest absolute Gasteiger partial charge is 0.481 e. The van der Waals surface area contributed by atoms with Crippen LogP contribution in [0.5, 0.6) is 0 Å². The molecule has 7 nitrogen and oxygen atoms in total. The summed E-state index contributed by atoms with van der Waals surface area (Å²) in [5.41, 5.74) is 0.321. The van der Waals surface area contributed by atoms with Crippen molar-refractivity contribution >= 4 is 21.9 Å². The third-order valence-electron chi connectivity index (χ3n) is 3.33. The number of sulfonamides is 1. The fraction of sp³-hybridized carbons (Fsp3) is 0.467. The lowest BCUT2D eigenvalue weighted by atomic mass is 10.1. The van der Waals surface area contributed by atoms with Crippen molar-refractivity contribution in [2.45, 2.75) is 31.2 Å². The number of hydrogen-bond acceptors (Lipinski definition) is 4. The Morgan fingerprint density at radius 1 is 1.13 bits per heavy atom. The summed E-state index contributed by atoms with van der Waals surface area (Å²) in [4.78, 5) is 24.7. The van der Waals surface area contributed by atoms with E-state index >= 15 is 0 Å². The van der Waals surface area contributed by atoms with Crippen LogP contribution < -0.4 is 0 Å². The van der Waals surface area contributed by atoms with E-state index in [1.807, 2.05) is 0 Å². The standard InChI is InChI=1S/C15H22N2O5S/c1-11(2)17(10-9-14(18)19)15(20)12-5-7-13(8-6-12)23(21,22)16(3)4/h5-8,11H,9-10H2,1-4H3,(H,18,19). The molecule has 0 saturated heterocycles. The van der Waals surface area contributed by atoms with Gasteiger partial charge in [-0.05, 0) is 38.1 Å². The summed E-state index contributed by atoms with van der Waals surface area (Å²) in [6.45, 7) is 3.69. The van der Waals surface area contributed by atoms with E-state index in [0.717, 1.165) is 4.31 Å². The summed E-state index contributed by atoms with van der Waals surface area (Å²) >= 11 is 0. The van der Waals surface area contributed by atoms with Crippen molar-refractivity contribution in [2.24, 2.45) is 0 Å². The maximum absolute atomic E-state index is 12.5. The maximum atomic E-state index is 12.5. The maximum Gasteiger partial charge on any atom is 0.305 e. The lowest BCUT2D eigenvalue weighted by molar-refractivity contribution is -0.137. The molecule has 0 bridgehead atoms. The van der Waals surface area contributed by atoms with Crippen molar-refractivity contribution < 1.29 is 23.1 Å².